The Morgan fingerprint density at radius 2 is 1.60 bits per heavy atom. The Kier molecular flexibility index (Phi) is 8.37. The molecule has 0 bridgehead atoms. The summed E-state index contributed by atoms with van der Waals surface area (Å²) >= 11 is 0. The predicted octanol–water partition coefficient (Wildman–Crippen LogP) is 5.87. The van der Waals surface area contributed by atoms with Crippen molar-refractivity contribution in [1.29, 1.82) is 0 Å². The minimum absolute atomic E-state index is 0.0364. The summed E-state index contributed by atoms with van der Waals surface area (Å²) in [6.45, 7) is 2.54. The van der Waals surface area contributed by atoms with E-state index in [1.54, 1.807) is 30.3 Å². The lowest BCUT2D eigenvalue weighted by atomic mass is 10.1. The van der Waals surface area contributed by atoms with Crippen molar-refractivity contribution in [2.24, 2.45) is 0 Å². The normalized spacial score (nSPS) is 10.8. The van der Waals surface area contributed by atoms with E-state index in [-0.39, 0.29) is 19.8 Å². The third kappa shape index (κ3) is 5.60. The van der Waals surface area contributed by atoms with E-state index in [2.05, 4.69) is 5.32 Å². The third-order valence-electron chi connectivity index (χ3n) is 5.67. The van der Waals surface area contributed by atoms with E-state index in [1.165, 1.54) is 13.8 Å². The second-order valence-corrected chi connectivity index (χ2v) is 8.26. The molecule has 0 aliphatic rings. The molecule has 40 heavy (non-hydrogen) atoms. The molecular formula is C28H22F4N2O6. The van der Waals surface area contributed by atoms with Crippen LogP contribution in [0.5, 0.6) is 5.75 Å². The molecule has 8 nitrogen and oxygen atoms in total. The minimum atomic E-state index is -1.52. The molecule has 0 radical (unpaired) electrons. The number of fused-ring (bicyclic) bond motifs is 1. The molecule has 3 aromatic carbocycles. The van der Waals surface area contributed by atoms with E-state index >= 15 is 8.78 Å². The van der Waals surface area contributed by atoms with E-state index < -0.39 is 74.4 Å². The van der Waals surface area contributed by atoms with Gasteiger partial charge in [-0.05, 0) is 25.5 Å². The first-order valence-corrected chi connectivity index (χ1v) is 12.0. The van der Waals surface area contributed by atoms with Gasteiger partial charge in [0.1, 0.15) is 23.8 Å². The van der Waals surface area contributed by atoms with Gasteiger partial charge in [-0.1, -0.05) is 30.3 Å². The summed E-state index contributed by atoms with van der Waals surface area (Å²) in [6, 6.07) is 10.3. The van der Waals surface area contributed by atoms with Gasteiger partial charge in [0.25, 0.3) is 0 Å². The number of carbonyl (C=O) groups excluding carboxylic acids is 2. The van der Waals surface area contributed by atoms with Gasteiger partial charge in [0.15, 0.2) is 11.6 Å². The number of nitrogens with zero attached hydrogens (tertiary/aromatic N) is 1. The number of carbonyl (C=O) groups is 2. The average molecular weight is 558 g/mol. The Morgan fingerprint density at radius 3 is 2.27 bits per heavy atom. The summed E-state index contributed by atoms with van der Waals surface area (Å²) in [4.78, 5) is 38.0. The lowest BCUT2D eigenvalue weighted by molar-refractivity contribution is 0.0524. The Bertz CT molecular complexity index is 1660. The standard InChI is InChI=1S/C28H22F4N2O6/c1-3-38-27(36)16-13-34(21-12-20(17(29)10-18(21)30)33-28(37)39-4-2)22-11-19(31)24(32)26(23(22)25(16)35)40-14-15-8-6-5-7-9-15/h5-13H,3-4,14H2,1-2H3,(H,33,37). The second-order valence-electron chi connectivity index (χ2n) is 8.26. The molecule has 208 valence electrons. The summed E-state index contributed by atoms with van der Waals surface area (Å²) in [5.74, 6) is -7.31. The number of hydrogen-bond donors (Lipinski definition) is 1. The SMILES string of the molecule is CCOC(=O)Nc1cc(-n2cc(C(=O)OCC)c(=O)c3c(OCc4ccccc4)c(F)c(F)cc32)c(F)cc1F. The number of rotatable bonds is 8. The maximum Gasteiger partial charge on any atom is 0.411 e. The molecular weight excluding hydrogens is 536 g/mol. The number of halogens is 4. The first-order valence-electron chi connectivity index (χ1n) is 12.0. The van der Waals surface area contributed by atoms with Crippen molar-refractivity contribution in [1.82, 2.24) is 4.57 Å². The van der Waals surface area contributed by atoms with Gasteiger partial charge in [-0.25, -0.2) is 22.8 Å². The fraction of sp³-hybridized carbons (Fsp3) is 0.179. The van der Waals surface area contributed by atoms with Crippen LogP contribution in [0.15, 0.2) is 59.5 Å². The number of nitrogens with one attached hydrogen (secondary N) is 1. The number of amides is 1. The minimum Gasteiger partial charge on any atom is -0.485 e. The number of benzene rings is 3. The van der Waals surface area contributed by atoms with Crippen LogP contribution in [0, 0.1) is 23.3 Å². The molecule has 1 heterocycles. The largest absolute Gasteiger partial charge is 0.485 e. The van der Waals surface area contributed by atoms with Gasteiger partial charge in [0, 0.05) is 18.3 Å². The first-order chi connectivity index (χ1) is 19.2. The van der Waals surface area contributed by atoms with Crippen LogP contribution in [0.25, 0.3) is 16.6 Å². The fourth-order valence-corrected chi connectivity index (χ4v) is 3.91. The molecule has 1 amide bonds. The van der Waals surface area contributed by atoms with E-state index in [0.29, 0.717) is 17.7 Å². The van der Waals surface area contributed by atoms with Crippen molar-refractivity contribution in [3.8, 4) is 11.4 Å². The Morgan fingerprint density at radius 1 is 0.900 bits per heavy atom. The number of pyridine rings is 1. The summed E-state index contributed by atoms with van der Waals surface area (Å²) in [5.41, 5.74) is -2.63. The highest BCUT2D eigenvalue weighted by Crippen LogP contribution is 2.33. The summed E-state index contributed by atoms with van der Waals surface area (Å²) < 4.78 is 75.6. The van der Waals surface area contributed by atoms with Crippen molar-refractivity contribution in [3.63, 3.8) is 0 Å². The lowest BCUT2D eigenvalue weighted by Gasteiger charge is -2.18. The average Bonchev–Trinajstić information content (AvgIpc) is 2.92. The number of esters is 1. The molecule has 0 aliphatic heterocycles. The number of anilines is 1. The Balaban J connectivity index is 2.01. The monoisotopic (exact) mass is 558 g/mol. The third-order valence-corrected chi connectivity index (χ3v) is 5.67. The Labute approximate surface area is 224 Å². The van der Waals surface area contributed by atoms with Crippen molar-refractivity contribution in [2.45, 2.75) is 20.5 Å². The summed E-state index contributed by atoms with van der Waals surface area (Å²) in [6.07, 6.45) is -0.188. The molecule has 0 atom stereocenters. The van der Waals surface area contributed by atoms with Gasteiger partial charge in [0.05, 0.1) is 35.5 Å². The number of hydrogen-bond acceptors (Lipinski definition) is 6. The quantitative estimate of drug-likeness (QED) is 0.215. The van der Waals surface area contributed by atoms with Crippen molar-refractivity contribution < 1.29 is 41.4 Å². The van der Waals surface area contributed by atoms with Crippen LogP contribution in [0.2, 0.25) is 0 Å². The van der Waals surface area contributed by atoms with Gasteiger partial charge in [0.2, 0.25) is 11.2 Å². The van der Waals surface area contributed by atoms with Crippen LogP contribution in [-0.4, -0.2) is 29.8 Å². The van der Waals surface area contributed by atoms with Crippen molar-refractivity contribution in [2.75, 3.05) is 18.5 Å². The summed E-state index contributed by atoms with van der Waals surface area (Å²) in [5, 5.41) is 1.51. The molecule has 0 aliphatic carbocycles. The van der Waals surface area contributed by atoms with Crippen molar-refractivity contribution >= 4 is 28.7 Å². The Hall–Kier alpha value is -4.87. The molecule has 1 N–H and O–H groups in total. The number of aromatic nitrogens is 1. The van der Waals surface area contributed by atoms with E-state index in [1.807, 2.05) is 0 Å². The number of ether oxygens (including phenoxy) is 3. The molecule has 0 saturated heterocycles. The lowest BCUT2D eigenvalue weighted by Crippen LogP contribution is -2.22. The molecule has 12 heteroatoms. The zero-order valence-corrected chi connectivity index (χ0v) is 21.2. The zero-order chi connectivity index (χ0) is 29.0. The van der Waals surface area contributed by atoms with Crippen LogP contribution in [0.3, 0.4) is 0 Å². The highest BCUT2D eigenvalue weighted by atomic mass is 19.2. The molecule has 0 fully saturated rings. The maximum atomic E-state index is 15.2. The van der Waals surface area contributed by atoms with Gasteiger partial charge in [-0.3, -0.25) is 10.1 Å². The second kappa shape index (κ2) is 11.9. The smallest absolute Gasteiger partial charge is 0.411 e. The maximum absolute atomic E-state index is 15.2. The van der Waals surface area contributed by atoms with Gasteiger partial charge in [-0.15, -0.1) is 0 Å². The van der Waals surface area contributed by atoms with Crippen LogP contribution >= 0.6 is 0 Å². The van der Waals surface area contributed by atoms with E-state index in [4.69, 9.17) is 14.2 Å². The van der Waals surface area contributed by atoms with Crippen LogP contribution in [-0.2, 0) is 16.1 Å². The highest BCUT2D eigenvalue weighted by Gasteiger charge is 2.26. The van der Waals surface area contributed by atoms with E-state index in [9.17, 15) is 23.2 Å². The molecule has 4 aromatic rings. The first kappa shape index (κ1) is 28.1. The zero-order valence-electron chi connectivity index (χ0n) is 21.2. The molecule has 0 spiro atoms. The van der Waals surface area contributed by atoms with Gasteiger partial charge >= 0.3 is 12.1 Å². The van der Waals surface area contributed by atoms with Gasteiger partial charge < -0.3 is 18.8 Å². The topological polar surface area (TPSA) is 95.9 Å². The molecule has 0 saturated carbocycles. The van der Waals surface area contributed by atoms with Crippen LogP contribution < -0.4 is 15.5 Å². The molecule has 4 rings (SSSR count). The van der Waals surface area contributed by atoms with Crippen LogP contribution in [0.1, 0.15) is 29.8 Å². The van der Waals surface area contributed by atoms with Crippen molar-refractivity contribution in [3.05, 3.63) is 99.3 Å². The van der Waals surface area contributed by atoms with Crippen LogP contribution in [0.4, 0.5) is 28.0 Å². The van der Waals surface area contributed by atoms with Gasteiger partial charge in [-0.2, -0.15) is 4.39 Å². The fourth-order valence-electron chi connectivity index (χ4n) is 3.91. The summed E-state index contributed by atoms with van der Waals surface area (Å²) in [7, 11) is 0. The van der Waals surface area contributed by atoms with E-state index in [0.717, 1.165) is 16.8 Å². The predicted molar refractivity (Wildman–Crippen MR) is 137 cm³/mol. The molecule has 1 aromatic heterocycles. The molecule has 0 unspecified atom stereocenters. The highest BCUT2D eigenvalue weighted by molar-refractivity contribution is 5.96.